The van der Waals surface area contributed by atoms with E-state index in [4.69, 9.17) is 23.2 Å². The maximum absolute atomic E-state index is 11.9. The smallest absolute Gasteiger partial charge is 0.320 e. The largest absolute Gasteiger partial charge is 0.508 e. The van der Waals surface area contributed by atoms with E-state index in [1.54, 1.807) is 24.1 Å². The minimum atomic E-state index is 0.0464. The van der Waals surface area contributed by atoms with Gasteiger partial charge in [0.25, 0.3) is 0 Å². The van der Waals surface area contributed by atoms with Crippen molar-refractivity contribution in [2.75, 3.05) is 20.1 Å². The van der Waals surface area contributed by atoms with Crippen molar-refractivity contribution in [3.05, 3.63) is 27.7 Å². The molecule has 1 aromatic rings. The highest BCUT2D eigenvalue weighted by molar-refractivity contribution is 6.42. The Bertz CT molecular complexity index is 550. The number of benzene rings is 1. The van der Waals surface area contributed by atoms with Gasteiger partial charge in [0.1, 0.15) is 5.75 Å². The number of carbonyl (C=O) groups is 1. The summed E-state index contributed by atoms with van der Waals surface area (Å²) in [6.45, 7) is 1.32. The first-order valence-corrected chi connectivity index (χ1v) is 6.93. The number of urea groups is 1. The van der Waals surface area contributed by atoms with E-state index in [-0.39, 0.29) is 23.7 Å². The summed E-state index contributed by atoms with van der Waals surface area (Å²) in [5.41, 5.74) is 0.666. The average Bonchev–Trinajstić information content (AvgIpc) is 2.86. The van der Waals surface area contributed by atoms with Gasteiger partial charge in [-0.2, -0.15) is 0 Å². The first-order chi connectivity index (χ1) is 8.99. The molecule has 1 N–H and O–H groups in total. The zero-order chi connectivity index (χ0) is 13.7. The van der Waals surface area contributed by atoms with Crippen LogP contribution in [0.4, 0.5) is 4.79 Å². The third kappa shape index (κ3) is 1.94. The minimum Gasteiger partial charge on any atom is -0.508 e. The molecule has 0 unspecified atom stereocenters. The SMILES string of the molecule is CN1C[C@@H]2C[C@H](c3c(O)ccc(Cl)c3Cl)CN2C1=O. The topological polar surface area (TPSA) is 43.8 Å². The van der Waals surface area contributed by atoms with Gasteiger partial charge in [-0.15, -0.1) is 0 Å². The van der Waals surface area contributed by atoms with Crippen molar-refractivity contribution in [1.29, 1.82) is 0 Å². The Morgan fingerprint density at radius 1 is 1.32 bits per heavy atom. The number of amides is 2. The molecule has 6 heteroatoms. The van der Waals surface area contributed by atoms with Crippen molar-refractivity contribution in [2.45, 2.75) is 18.4 Å². The molecule has 0 aromatic heterocycles. The van der Waals surface area contributed by atoms with E-state index < -0.39 is 0 Å². The number of phenolic OH excluding ortho intramolecular Hbond substituents is 1. The summed E-state index contributed by atoms with van der Waals surface area (Å²) in [5.74, 6) is 0.204. The molecule has 2 aliphatic rings. The van der Waals surface area contributed by atoms with Gasteiger partial charge in [-0.3, -0.25) is 0 Å². The van der Waals surface area contributed by atoms with Gasteiger partial charge in [-0.05, 0) is 18.6 Å². The maximum atomic E-state index is 11.9. The zero-order valence-electron chi connectivity index (χ0n) is 10.4. The summed E-state index contributed by atoms with van der Waals surface area (Å²) >= 11 is 12.2. The molecule has 2 amide bonds. The second kappa shape index (κ2) is 4.46. The number of likely N-dealkylation sites (N-methyl/N-ethyl adjacent to an activating group) is 1. The van der Waals surface area contributed by atoms with Crippen molar-refractivity contribution in [3.8, 4) is 5.75 Å². The van der Waals surface area contributed by atoms with Gasteiger partial charge < -0.3 is 14.9 Å². The number of phenols is 1. The van der Waals surface area contributed by atoms with Crippen molar-refractivity contribution >= 4 is 29.2 Å². The molecule has 4 nitrogen and oxygen atoms in total. The molecule has 1 aromatic carbocycles. The normalized spacial score (nSPS) is 26.2. The lowest BCUT2D eigenvalue weighted by Gasteiger charge is -2.18. The molecule has 102 valence electrons. The summed E-state index contributed by atoms with van der Waals surface area (Å²) in [6.07, 6.45) is 0.809. The number of nitrogens with zero attached hydrogens (tertiary/aromatic N) is 2. The van der Waals surface area contributed by atoms with Crippen LogP contribution in [0.25, 0.3) is 0 Å². The molecule has 2 atom stereocenters. The van der Waals surface area contributed by atoms with Crippen LogP contribution < -0.4 is 0 Å². The molecule has 19 heavy (non-hydrogen) atoms. The van der Waals surface area contributed by atoms with E-state index >= 15 is 0 Å². The van der Waals surface area contributed by atoms with Gasteiger partial charge in [-0.1, -0.05) is 23.2 Å². The lowest BCUT2D eigenvalue weighted by molar-refractivity contribution is 0.199. The summed E-state index contributed by atoms with van der Waals surface area (Å²) in [4.78, 5) is 15.5. The van der Waals surface area contributed by atoms with Gasteiger partial charge in [0.2, 0.25) is 0 Å². The number of rotatable bonds is 1. The van der Waals surface area contributed by atoms with Gasteiger partial charge in [0.15, 0.2) is 0 Å². The van der Waals surface area contributed by atoms with Crippen LogP contribution in [0.15, 0.2) is 12.1 Å². The predicted octanol–water partition coefficient (Wildman–Crippen LogP) is 2.92. The van der Waals surface area contributed by atoms with Crippen LogP contribution in [0.1, 0.15) is 17.9 Å². The van der Waals surface area contributed by atoms with Crippen molar-refractivity contribution in [2.24, 2.45) is 0 Å². The van der Waals surface area contributed by atoms with E-state index in [1.807, 2.05) is 4.90 Å². The number of hydrogen-bond donors (Lipinski definition) is 1. The van der Waals surface area contributed by atoms with Crippen LogP contribution >= 0.6 is 23.2 Å². The Labute approximate surface area is 121 Å². The van der Waals surface area contributed by atoms with Crippen LogP contribution in [0.5, 0.6) is 5.75 Å². The number of carbonyl (C=O) groups excluding carboxylic acids is 1. The molecular formula is C13H14Cl2N2O2. The molecule has 2 aliphatic heterocycles. The molecule has 0 radical (unpaired) electrons. The lowest BCUT2D eigenvalue weighted by atomic mass is 9.95. The standard InChI is InChI=1S/C13H14Cl2N2O2/c1-16-6-8-4-7(5-17(8)13(16)19)11-10(18)3-2-9(14)12(11)15/h2-3,7-8,18H,4-6H2,1H3/t7-,8-/m0/s1. The van der Waals surface area contributed by atoms with E-state index in [9.17, 15) is 9.90 Å². The lowest BCUT2D eigenvalue weighted by Crippen LogP contribution is -2.30. The summed E-state index contributed by atoms with van der Waals surface area (Å²) in [6, 6.07) is 3.39. The number of fused-ring (bicyclic) bond motifs is 1. The van der Waals surface area contributed by atoms with E-state index in [2.05, 4.69) is 0 Å². The molecule has 0 bridgehead atoms. The molecular weight excluding hydrogens is 287 g/mol. The fraction of sp³-hybridized carbons (Fsp3) is 0.462. The number of hydrogen-bond acceptors (Lipinski definition) is 2. The Morgan fingerprint density at radius 2 is 2.05 bits per heavy atom. The van der Waals surface area contributed by atoms with Gasteiger partial charge >= 0.3 is 6.03 Å². The second-order valence-corrected chi connectivity index (χ2v) is 5.98. The van der Waals surface area contributed by atoms with E-state index in [1.165, 1.54) is 0 Å². The summed E-state index contributed by atoms with van der Waals surface area (Å²) in [5, 5.41) is 10.8. The first-order valence-electron chi connectivity index (χ1n) is 6.17. The Kier molecular flexibility index (Phi) is 3.02. The van der Waals surface area contributed by atoms with Gasteiger partial charge in [0.05, 0.1) is 16.1 Å². The molecule has 0 saturated carbocycles. The Hall–Kier alpha value is -1.13. The molecule has 0 aliphatic carbocycles. The molecule has 0 spiro atoms. The fourth-order valence-electron chi connectivity index (χ4n) is 3.09. The Morgan fingerprint density at radius 3 is 2.74 bits per heavy atom. The third-order valence-electron chi connectivity index (χ3n) is 3.99. The highest BCUT2D eigenvalue weighted by Crippen LogP contribution is 2.44. The summed E-state index contributed by atoms with van der Waals surface area (Å²) < 4.78 is 0. The van der Waals surface area contributed by atoms with Crippen LogP contribution in [-0.4, -0.2) is 47.1 Å². The maximum Gasteiger partial charge on any atom is 0.320 e. The van der Waals surface area contributed by atoms with Crippen molar-refractivity contribution in [3.63, 3.8) is 0 Å². The average molecular weight is 301 g/mol. The highest BCUT2D eigenvalue weighted by atomic mass is 35.5. The quantitative estimate of drug-likeness (QED) is 0.866. The fourth-order valence-corrected chi connectivity index (χ4v) is 3.57. The zero-order valence-corrected chi connectivity index (χ0v) is 11.9. The van der Waals surface area contributed by atoms with Crippen LogP contribution in [0.3, 0.4) is 0 Å². The summed E-state index contributed by atoms with van der Waals surface area (Å²) in [7, 11) is 1.81. The van der Waals surface area contributed by atoms with Crippen molar-refractivity contribution < 1.29 is 9.90 Å². The van der Waals surface area contributed by atoms with Crippen LogP contribution in [-0.2, 0) is 0 Å². The van der Waals surface area contributed by atoms with Gasteiger partial charge in [0, 0.05) is 31.6 Å². The Balaban J connectivity index is 1.91. The van der Waals surface area contributed by atoms with E-state index in [0.717, 1.165) is 13.0 Å². The third-order valence-corrected chi connectivity index (χ3v) is 4.81. The number of halogens is 2. The van der Waals surface area contributed by atoms with E-state index in [0.29, 0.717) is 22.2 Å². The van der Waals surface area contributed by atoms with Crippen LogP contribution in [0.2, 0.25) is 10.0 Å². The molecule has 2 fully saturated rings. The number of aromatic hydroxyl groups is 1. The second-order valence-electron chi connectivity index (χ2n) is 5.20. The predicted molar refractivity (Wildman–Crippen MR) is 74.0 cm³/mol. The first kappa shape index (κ1) is 12.9. The van der Waals surface area contributed by atoms with Gasteiger partial charge in [-0.25, -0.2) is 4.79 Å². The van der Waals surface area contributed by atoms with Crippen molar-refractivity contribution in [1.82, 2.24) is 9.80 Å². The van der Waals surface area contributed by atoms with Crippen LogP contribution in [0, 0.1) is 0 Å². The molecule has 2 heterocycles. The molecule has 2 saturated heterocycles. The highest BCUT2D eigenvalue weighted by Gasteiger charge is 2.44. The monoisotopic (exact) mass is 300 g/mol. The molecule has 3 rings (SSSR count). The minimum absolute atomic E-state index is 0.0464.